The highest BCUT2D eigenvalue weighted by atomic mass is 19.4. The van der Waals surface area contributed by atoms with Gasteiger partial charge in [-0.05, 0) is 25.7 Å². The Kier molecular flexibility index (Phi) is 3.16. The summed E-state index contributed by atoms with van der Waals surface area (Å²) in [6.45, 7) is -0.0497. The largest absolute Gasteiger partial charge is 0.396 e. The van der Waals surface area contributed by atoms with E-state index in [1.165, 1.54) is 0 Å². The van der Waals surface area contributed by atoms with E-state index in [1.807, 2.05) is 0 Å². The third-order valence-electron chi connectivity index (χ3n) is 4.38. The molecule has 0 atom stereocenters. The molecule has 2 fully saturated rings. The number of alkyl halides is 3. The van der Waals surface area contributed by atoms with E-state index in [4.69, 9.17) is 4.74 Å². The fraction of sp³-hybridized carbons (Fsp3) is 1.00. The number of aliphatic hydroxyl groups is 2. The van der Waals surface area contributed by atoms with Crippen LogP contribution < -0.4 is 0 Å². The standard InChI is InChI=1S/C11H17F3O3/c12-11(13,14)8-1-3-9(5-15,4-2-8)10(16)6-17-7-10/h8,15-16H,1-7H2. The zero-order chi connectivity index (χ0) is 12.7. The van der Waals surface area contributed by atoms with Crippen LogP contribution in [0.1, 0.15) is 25.7 Å². The number of ether oxygens (including phenoxy) is 1. The first-order chi connectivity index (χ1) is 7.83. The zero-order valence-electron chi connectivity index (χ0n) is 9.46. The molecule has 0 amide bonds. The second-order valence-electron chi connectivity index (χ2n) is 5.28. The Morgan fingerprint density at radius 2 is 1.71 bits per heavy atom. The molecule has 0 bridgehead atoms. The molecular formula is C11H17F3O3. The molecule has 17 heavy (non-hydrogen) atoms. The van der Waals surface area contributed by atoms with Crippen molar-refractivity contribution in [2.24, 2.45) is 11.3 Å². The summed E-state index contributed by atoms with van der Waals surface area (Å²) in [5.41, 5.74) is -1.95. The van der Waals surface area contributed by atoms with Crippen molar-refractivity contribution in [3.8, 4) is 0 Å². The summed E-state index contributed by atoms with van der Waals surface area (Å²) in [7, 11) is 0. The average Bonchev–Trinajstić information content (AvgIpc) is 2.24. The van der Waals surface area contributed by atoms with Crippen LogP contribution in [0.25, 0.3) is 0 Å². The van der Waals surface area contributed by atoms with Crippen molar-refractivity contribution in [1.29, 1.82) is 0 Å². The molecule has 1 aliphatic carbocycles. The van der Waals surface area contributed by atoms with Crippen LogP contribution in [0.4, 0.5) is 13.2 Å². The van der Waals surface area contributed by atoms with E-state index in [-0.39, 0.29) is 45.5 Å². The Bertz CT molecular complexity index is 278. The van der Waals surface area contributed by atoms with E-state index in [1.54, 1.807) is 0 Å². The first-order valence-electron chi connectivity index (χ1n) is 5.81. The monoisotopic (exact) mass is 254 g/mol. The molecule has 0 radical (unpaired) electrons. The molecule has 3 nitrogen and oxygen atoms in total. The van der Waals surface area contributed by atoms with Gasteiger partial charge in [0.1, 0.15) is 5.60 Å². The summed E-state index contributed by atoms with van der Waals surface area (Å²) in [5.74, 6) is -1.30. The van der Waals surface area contributed by atoms with Crippen molar-refractivity contribution in [1.82, 2.24) is 0 Å². The molecule has 0 spiro atoms. The molecular weight excluding hydrogens is 237 g/mol. The molecule has 2 N–H and O–H groups in total. The second-order valence-corrected chi connectivity index (χ2v) is 5.28. The van der Waals surface area contributed by atoms with Gasteiger partial charge in [-0.15, -0.1) is 0 Å². The van der Waals surface area contributed by atoms with Gasteiger partial charge in [0.05, 0.1) is 25.7 Å². The lowest BCUT2D eigenvalue weighted by Crippen LogP contribution is -2.64. The Labute approximate surface area is 97.6 Å². The van der Waals surface area contributed by atoms with Crippen molar-refractivity contribution in [3.05, 3.63) is 0 Å². The van der Waals surface area contributed by atoms with Gasteiger partial charge < -0.3 is 14.9 Å². The van der Waals surface area contributed by atoms with Crippen LogP contribution in [0, 0.1) is 11.3 Å². The van der Waals surface area contributed by atoms with E-state index in [0.29, 0.717) is 0 Å². The maximum absolute atomic E-state index is 12.5. The molecule has 100 valence electrons. The van der Waals surface area contributed by atoms with Crippen LogP contribution in [0.5, 0.6) is 0 Å². The van der Waals surface area contributed by atoms with Crippen LogP contribution in [0.3, 0.4) is 0 Å². The topological polar surface area (TPSA) is 49.7 Å². The summed E-state index contributed by atoms with van der Waals surface area (Å²) >= 11 is 0. The lowest BCUT2D eigenvalue weighted by atomic mass is 9.60. The molecule has 0 unspecified atom stereocenters. The summed E-state index contributed by atoms with van der Waals surface area (Å²) in [6, 6.07) is 0. The highest BCUT2D eigenvalue weighted by Gasteiger charge is 2.57. The molecule has 0 aromatic carbocycles. The SMILES string of the molecule is OCC1(C2(O)COC2)CCC(C(F)(F)F)CC1. The van der Waals surface area contributed by atoms with Gasteiger partial charge in [0.2, 0.25) is 0 Å². The number of hydrogen-bond acceptors (Lipinski definition) is 3. The molecule has 2 rings (SSSR count). The molecule has 1 saturated carbocycles. The lowest BCUT2D eigenvalue weighted by molar-refractivity contribution is -0.268. The van der Waals surface area contributed by atoms with Crippen molar-refractivity contribution in [2.45, 2.75) is 37.5 Å². The molecule has 0 aromatic rings. The van der Waals surface area contributed by atoms with Crippen LogP contribution in [-0.4, -0.2) is 41.8 Å². The third-order valence-corrected chi connectivity index (χ3v) is 4.38. The van der Waals surface area contributed by atoms with Crippen molar-refractivity contribution < 1.29 is 28.1 Å². The van der Waals surface area contributed by atoms with E-state index in [9.17, 15) is 23.4 Å². The molecule has 1 aliphatic heterocycles. The van der Waals surface area contributed by atoms with Crippen molar-refractivity contribution in [2.75, 3.05) is 19.8 Å². The predicted molar refractivity (Wildman–Crippen MR) is 53.3 cm³/mol. The fourth-order valence-electron chi connectivity index (χ4n) is 2.87. The van der Waals surface area contributed by atoms with Crippen LogP contribution >= 0.6 is 0 Å². The maximum atomic E-state index is 12.5. The van der Waals surface area contributed by atoms with Gasteiger partial charge >= 0.3 is 6.18 Å². The van der Waals surface area contributed by atoms with Crippen molar-refractivity contribution >= 4 is 0 Å². The number of rotatable bonds is 2. The smallest absolute Gasteiger partial charge is 0.391 e. The highest BCUT2D eigenvalue weighted by molar-refractivity contribution is 5.05. The Balaban J connectivity index is 2.05. The maximum Gasteiger partial charge on any atom is 0.391 e. The minimum Gasteiger partial charge on any atom is -0.396 e. The lowest BCUT2D eigenvalue weighted by Gasteiger charge is -2.53. The average molecular weight is 254 g/mol. The zero-order valence-corrected chi connectivity index (χ0v) is 9.46. The normalized spacial score (nSPS) is 37.6. The molecule has 0 aromatic heterocycles. The summed E-state index contributed by atoms with van der Waals surface area (Å²) in [6.07, 6.45) is -3.81. The quantitative estimate of drug-likeness (QED) is 0.784. The minimum atomic E-state index is -4.17. The number of hydrogen-bond donors (Lipinski definition) is 2. The van der Waals surface area contributed by atoms with Gasteiger partial charge in [-0.1, -0.05) is 0 Å². The summed E-state index contributed by atoms with van der Waals surface area (Å²) < 4.78 is 42.5. The summed E-state index contributed by atoms with van der Waals surface area (Å²) in [5, 5.41) is 19.6. The molecule has 1 heterocycles. The Morgan fingerprint density at radius 1 is 1.18 bits per heavy atom. The van der Waals surface area contributed by atoms with Gasteiger partial charge in [0, 0.05) is 5.41 Å². The first-order valence-corrected chi connectivity index (χ1v) is 5.81. The van der Waals surface area contributed by atoms with Crippen LogP contribution in [0.15, 0.2) is 0 Å². The predicted octanol–water partition coefficient (Wildman–Crippen LogP) is 1.48. The molecule has 1 saturated heterocycles. The van der Waals surface area contributed by atoms with E-state index in [0.717, 1.165) is 0 Å². The number of aliphatic hydroxyl groups excluding tert-OH is 1. The molecule has 6 heteroatoms. The van der Waals surface area contributed by atoms with Gasteiger partial charge in [0.25, 0.3) is 0 Å². The fourth-order valence-corrected chi connectivity index (χ4v) is 2.87. The Morgan fingerprint density at radius 3 is 2.00 bits per heavy atom. The van der Waals surface area contributed by atoms with E-state index < -0.39 is 23.1 Å². The Hall–Kier alpha value is -0.330. The minimum absolute atomic E-state index is 0.0215. The van der Waals surface area contributed by atoms with Crippen LogP contribution in [-0.2, 0) is 4.74 Å². The summed E-state index contributed by atoms with van der Waals surface area (Å²) in [4.78, 5) is 0. The third kappa shape index (κ3) is 2.06. The van der Waals surface area contributed by atoms with E-state index >= 15 is 0 Å². The van der Waals surface area contributed by atoms with Gasteiger partial charge in [-0.3, -0.25) is 0 Å². The van der Waals surface area contributed by atoms with Gasteiger partial charge in [0.15, 0.2) is 0 Å². The first kappa shape index (κ1) is 13.1. The number of halogens is 3. The van der Waals surface area contributed by atoms with Crippen molar-refractivity contribution in [3.63, 3.8) is 0 Å². The van der Waals surface area contributed by atoms with Gasteiger partial charge in [-0.2, -0.15) is 13.2 Å². The van der Waals surface area contributed by atoms with E-state index in [2.05, 4.69) is 0 Å². The van der Waals surface area contributed by atoms with Crippen LogP contribution in [0.2, 0.25) is 0 Å². The van der Waals surface area contributed by atoms with Gasteiger partial charge in [-0.25, -0.2) is 0 Å². The highest BCUT2D eigenvalue weighted by Crippen LogP contribution is 2.51. The second kappa shape index (κ2) is 4.10. The molecule has 2 aliphatic rings.